The van der Waals surface area contributed by atoms with Gasteiger partial charge in [0, 0.05) is 12.6 Å². The number of nitrogens with two attached hydrogens (primary N) is 1. The maximum absolute atomic E-state index is 5.77. The summed E-state index contributed by atoms with van der Waals surface area (Å²) in [6.07, 6.45) is 14.3. The maximum atomic E-state index is 5.77. The highest BCUT2D eigenvalue weighted by molar-refractivity contribution is 4.78. The molecule has 0 amide bonds. The molecule has 0 unspecified atom stereocenters. The van der Waals surface area contributed by atoms with Crippen LogP contribution in [0.5, 0.6) is 0 Å². The molecule has 0 aromatic rings. The van der Waals surface area contributed by atoms with Crippen molar-refractivity contribution in [3.63, 3.8) is 0 Å². The fourth-order valence-corrected chi connectivity index (χ4v) is 3.90. The minimum Gasteiger partial charge on any atom is -0.330 e. The molecule has 0 heterocycles. The first kappa shape index (κ1) is 14.3. The third-order valence-corrected chi connectivity index (χ3v) is 5.29. The highest BCUT2D eigenvalue weighted by Crippen LogP contribution is 2.30. The molecule has 2 aliphatic carbocycles. The van der Waals surface area contributed by atoms with Crippen molar-refractivity contribution in [2.75, 3.05) is 20.1 Å². The standard InChI is InChI=1S/C16H32N2/c1-18(16-6-4-2-3-5-7-16)13-15-10-8-14(12-17)9-11-15/h14-16H,2-13,17H2,1H3. The van der Waals surface area contributed by atoms with Gasteiger partial charge < -0.3 is 10.6 Å². The average Bonchev–Trinajstić information content (AvgIpc) is 2.68. The van der Waals surface area contributed by atoms with Gasteiger partial charge in [0.2, 0.25) is 0 Å². The monoisotopic (exact) mass is 252 g/mol. The van der Waals surface area contributed by atoms with Crippen LogP contribution in [0.3, 0.4) is 0 Å². The smallest absolute Gasteiger partial charge is 0.00923 e. The molecule has 0 bridgehead atoms. The van der Waals surface area contributed by atoms with Gasteiger partial charge in [-0.15, -0.1) is 0 Å². The first-order valence-corrected chi connectivity index (χ1v) is 8.20. The van der Waals surface area contributed by atoms with Crippen LogP contribution in [0.4, 0.5) is 0 Å². The van der Waals surface area contributed by atoms with Crippen LogP contribution in [-0.2, 0) is 0 Å². The molecular formula is C16H32N2. The molecule has 18 heavy (non-hydrogen) atoms. The van der Waals surface area contributed by atoms with Crippen molar-refractivity contribution in [2.45, 2.75) is 70.3 Å². The Morgan fingerprint density at radius 2 is 1.39 bits per heavy atom. The zero-order valence-corrected chi connectivity index (χ0v) is 12.2. The third-order valence-electron chi connectivity index (χ3n) is 5.29. The molecule has 2 rings (SSSR count). The van der Waals surface area contributed by atoms with Gasteiger partial charge in [0.05, 0.1) is 0 Å². The number of rotatable bonds is 4. The topological polar surface area (TPSA) is 29.3 Å². The van der Waals surface area contributed by atoms with Crippen molar-refractivity contribution in [2.24, 2.45) is 17.6 Å². The summed E-state index contributed by atoms with van der Waals surface area (Å²) in [6.45, 7) is 2.24. The Bertz CT molecular complexity index is 213. The van der Waals surface area contributed by atoms with Crippen LogP contribution in [0, 0.1) is 11.8 Å². The van der Waals surface area contributed by atoms with Crippen molar-refractivity contribution in [1.29, 1.82) is 0 Å². The minimum atomic E-state index is 0.824. The summed E-state index contributed by atoms with van der Waals surface area (Å²) in [5.74, 6) is 1.77. The van der Waals surface area contributed by atoms with E-state index in [1.807, 2.05) is 0 Å². The lowest BCUT2D eigenvalue weighted by molar-refractivity contribution is 0.156. The second kappa shape index (κ2) is 7.49. The summed E-state index contributed by atoms with van der Waals surface area (Å²) >= 11 is 0. The normalized spacial score (nSPS) is 31.5. The van der Waals surface area contributed by atoms with Crippen molar-refractivity contribution in [3.05, 3.63) is 0 Å². The predicted octanol–water partition coefficient (Wildman–Crippen LogP) is 3.41. The van der Waals surface area contributed by atoms with E-state index in [0.717, 1.165) is 24.4 Å². The van der Waals surface area contributed by atoms with Gasteiger partial charge in [-0.3, -0.25) is 0 Å². The van der Waals surface area contributed by atoms with Gasteiger partial charge in [-0.1, -0.05) is 25.7 Å². The lowest BCUT2D eigenvalue weighted by atomic mass is 9.81. The van der Waals surface area contributed by atoms with Crippen LogP contribution in [0.1, 0.15) is 64.2 Å². The lowest BCUT2D eigenvalue weighted by Gasteiger charge is -2.34. The molecule has 0 spiro atoms. The summed E-state index contributed by atoms with van der Waals surface area (Å²) in [7, 11) is 2.37. The molecule has 2 N–H and O–H groups in total. The van der Waals surface area contributed by atoms with Crippen LogP contribution in [0.2, 0.25) is 0 Å². The molecule has 0 aromatic carbocycles. The Morgan fingerprint density at radius 1 is 0.833 bits per heavy atom. The third kappa shape index (κ3) is 4.24. The molecule has 0 saturated heterocycles. The van der Waals surface area contributed by atoms with Crippen molar-refractivity contribution in [3.8, 4) is 0 Å². The minimum absolute atomic E-state index is 0.824. The Hall–Kier alpha value is -0.0800. The summed E-state index contributed by atoms with van der Waals surface area (Å²) in [5, 5.41) is 0. The quantitative estimate of drug-likeness (QED) is 0.777. The SMILES string of the molecule is CN(CC1CCC(CN)CC1)C1CCCCCC1. The average molecular weight is 252 g/mol. The maximum Gasteiger partial charge on any atom is 0.00923 e. The van der Waals surface area contributed by atoms with Crippen LogP contribution < -0.4 is 5.73 Å². The molecular weight excluding hydrogens is 220 g/mol. The van der Waals surface area contributed by atoms with E-state index < -0.39 is 0 Å². The van der Waals surface area contributed by atoms with E-state index in [0.29, 0.717) is 0 Å². The Labute approximate surface area is 113 Å². The zero-order chi connectivity index (χ0) is 12.8. The fraction of sp³-hybridized carbons (Fsp3) is 1.00. The van der Waals surface area contributed by atoms with Gasteiger partial charge in [0.1, 0.15) is 0 Å². The molecule has 0 atom stereocenters. The Morgan fingerprint density at radius 3 is 1.94 bits per heavy atom. The predicted molar refractivity (Wildman–Crippen MR) is 78.6 cm³/mol. The van der Waals surface area contributed by atoms with Crippen molar-refractivity contribution < 1.29 is 0 Å². The number of hydrogen-bond donors (Lipinski definition) is 1. The van der Waals surface area contributed by atoms with Gasteiger partial charge in [-0.25, -0.2) is 0 Å². The van der Waals surface area contributed by atoms with E-state index in [1.54, 1.807) is 0 Å². The van der Waals surface area contributed by atoms with E-state index in [2.05, 4.69) is 11.9 Å². The molecule has 2 saturated carbocycles. The molecule has 2 heteroatoms. The van der Waals surface area contributed by atoms with Crippen LogP contribution >= 0.6 is 0 Å². The van der Waals surface area contributed by atoms with Gasteiger partial charge >= 0.3 is 0 Å². The van der Waals surface area contributed by atoms with E-state index in [4.69, 9.17) is 5.73 Å². The number of hydrogen-bond acceptors (Lipinski definition) is 2. The molecule has 2 fully saturated rings. The number of nitrogens with zero attached hydrogens (tertiary/aromatic N) is 1. The van der Waals surface area contributed by atoms with Crippen molar-refractivity contribution in [1.82, 2.24) is 4.90 Å². The molecule has 0 radical (unpaired) electrons. The fourth-order valence-electron chi connectivity index (χ4n) is 3.90. The second-order valence-corrected chi connectivity index (χ2v) is 6.71. The van der Waals surface area contributed by atoms with Gasteiger partial charge in [-0.2, -0.15) is 0 Å². The Balaban J connectivity index is 1.71. The van der Waals surface area contributed by atoms with Crippen LogP contribution in [0.25, 0.3) is 0 Å². The summed E-state index contributed by atoms with van der Waals surface area (Å²) < 4.78 is 0. The summed E-state index contributed by atoms with van der Waals surface area (Å²) in [5.41, 5.74) is 5.77. The molecule has 106 valence electrons. The van der Waals surface area contributed by atoms with Crippen LogP contribution in [0.15, 0.2) is 0 Å². The van der Waals surface area contributed by atoms with Gasteiger partial charge in [0.25, 0.3) is 0 Å². The molecule has 2 aliphatic rings. The van der Waals surface area contributed by atoms with E-state index in [1.165, 1.54) is 70.8 Å². The lowest BCUT2D eigenvalue weighted by Crippen LogP contribution is -2.36. The molecule has 2 nitrogen and oxygen atoms in total. The summed E-state index contributed by atoms with van der Waals surface area (Å²) in [4.78, 5) is 2.68. The molecule has 0 aliphatic heterocycles. The Kier molecular flexibility index (Phi) is 5.97. The zero-order valence-electron chi connectivity index (χ0n) is 12.2. The first-order valence-electron chi connectivity index (χ1n) is 8.20. The highest BCUT2D eigenvalue weighted by Gasteiger charge is 2.24. The van der Waals surface area contributed by atoms with E-state index in [-0.39, 0.29) is 0 Å². The highest BCUT2D eigenvalue weighted by atomic mass is 15.1. The van der Waals surface area contributed by atoms with Crippen molar-refractivity contribution >= 4 is 0 Å². The first-order chi connectivity index (χ1) is 8.79. The van der Waals surface area contributed by atoms with Gasteiger partial charge in [-0.05, 0) is 64.0 Å². The second-order valence-electron chi connectivity index (χ2n) is 6.71. The molecule has 0 aromatic heterocycles. The van der Waals surface area contributed by atoms with Crippen LogP contribution in [-0.4, -0.2) is 31.1 Å². The largest absolute Gasteiger partial charge is 0.330 e. The van der Waals surface area contributed by atoms with E-state index >= 15 is 0 Å². The summed E-state index contributed by atoms with van der Waals surface area (Å²) in [6, 6.07) is 0.875. The van der Waals surface area contributed by atoms with Gasteiger partial charge in [0.15, 0.2) is 0 Å². The van der Waals surface area contributed by atoms with E-state index in [9.17, 15) is 0 Å².